The van der Waals surface area contributed by atoms with Crippen molar-refractivity contribution in [3.05, 3.63) is 39.9 Å². The maximum absolute atomic E-state index is 12.8. The van der Waals surface area contributed by atoms with Gasteiger partial charge in [-0.15, -0.1) is 12.4 Å². The molecule has 0 aromatic heterocycles. The van der Waals surface area contributed by atoms with Crippen LogP contribution in [0.15, 0.2) is 24.3 Å². The fourth-order valence-electron chi connectivity index (χ4n) is 3.40. The third kappa shape index (κ3) is 6.25. The third-order valence-corrected chi connectivity index (χ3v) is 5.08. The summed E-state index contributed by atoms with van der Waals surface area (Å²) in [6.45, 7) is 8.75. The number of carbonyl (C=O) groups is 1. The van der Waals surface area contributed by atoms with Crippen LogP contribution in [-0.4, -0.2) is 34.9 Å². The van der Waals surface area contributed by atoms with Crippen LogP contribution in [0.3, 0.4) is 0 Å². The lowest BCUT2D eigenvalue weighted by molar-refractivity contribution is -0.384. The van der Waals surface area contributed by atoms with Crippen LogP contribution in [0.25, 0.3) is 0 Å². The van der Waals surface area contributed by atoms with Gasteiger partial charge in [0.25, 0.3) is 5.69 Å². The smallest absolute Gasteiger partial charge is 0.269 e. The number of non-ortho nitro benzene ring substituents is 1. The highest BCUT2D eigenvalue weighted by Crippen LogP contribution is 2.24. The number of hydrogen-bond acceptors (Lipinski definition) is 4. The molecule has 2 unspecified atom stereocenters. The zero-order valence-corrected chi connectivity index (χ0v) is 16.6. The summed E-state index contributed by atoms with van der Waals surface area (Å²) in [5.74, 6) is 1.08. The van der Waals surface area contributed by atoms with Crippen LogP contribution >= 0.6 is 12.4 Å². The van der Waals surface area contributed by atoms with Crippen LogP contribution in [0.4, 0.5) is 5.69 Å². The van der Waals surface area contributed by atoms with Gasteiger partial charge in [0.1, 0.15) is 0 Å². The van der Waals surface area contributed by atoms with E-state index in [0.29, 0.717) is 24.8 Å². The van der Waals surface area contributed by atoms with E-state index in [2.05, 4.69) is 12.2 Å². The molecule has 0 aliphatic carbocycles. The number of benzene rings is 1. The van der Waals surface area contributed by atoms with Gasteiger partial charge in [-0.05, 0) is 57.2 Å². The number of nitro benzene ring substituents is 1. The van der Waals surface area contributed by atoms with E-state index in [9.17, 15) is 14.9 Å². The van der Waals surface area contributed by atoms with Crippen molar-refractivity contribution >= 4 is 24.0 Å². The molecule has 1 amide bonds. The Morgan fingerprint density at radius 3 is 2.46 bits per heavy atom. The van der Waals surface area contributed by atoms with Crippen molar-refractivity contribution in [2.45, 2.75) is 52.6 Å². The first-order chi connectivity index (χ1) is 11.9. The summed E-state index contributed by atoms with van der Waals surface area (Å²) in [7, 11) is 0. The van der Waals surface area contributed by atoms with Gasteiger partial charge in [-0.2, -0.15) is 0 Å². The fourth-order valence-corrected chi connectivity index (χ4v) is 3.40. The van der Waals surface area contributed by atoms with Crippen LogP contribution in [0.1, 0.15) is 45.6 Å². The Bertz CT molecular complexity index is 586. The van der Waals surface area contributed by atoms with Gasteiger partial charge in [-0.1, -0.05) is 19.1 Å². The molecule has 0 bridgehead atoms. The van der Waals surface area contributed by atoms with Gasteiger partial charge < -0.3 is 10.2 Å². The van der Waals surface area contributed by atoms with Gasteiger partial charge in [0.15, 0.2) is 0 Å². The van der Waals surface area contributed by atoms with Crippen LogP contribution in [-0.2, 0) is 11.3 Å². The summed E-state index contributed by atoms with van der Waals surface area (Å²) in [4.78, 5) is 25.0. The quantitative estimate of drug-likeness (QED) is 0.574. The highest BCUT2D eigenvalue weighted by atomic mass is 35.5. The van der Waals surface area contributed by atoms with E-state index >= 15 is 0 Å². The normalized spacial score (nSPS) is 18.1. The number of piperidine rings is 1. The molecule has 1 heterocycles. The summed E-state index contributed by atoms with van der Waals surface area (Å²) >= 11 is 0. The van der Waals surface area contributed by atoms with Crippen LogP contribution in [0.2, 0.25) is 0 Å². The van der Waals surface area contributed by atoms with E-state index in [1.54, 1.807) is 12.1 Å². The summed E-state index contributed by atoms with van der Waals surface area (Å²) in [5.41, 5.74) is 0.990. The van der Waals surface area contributed by atoms with Crippen molar-refractivity contribution in [1.29, 1.82) is 0 Å². The topological polar surface area (TPSA) is 75.5 Å². The lowest BCUT2D eigenvalue weighted by Crippen LogP contribution is -2.39. The first-order valence-electron chi connectivity index (χ1n) is 9.12. The summed E-state index contributed by atoms with van der Waals surface area (Å²) in [6.07, 6.45) is 2.92. The van der Waals surface area contributed by atoms with E-state index in [1.807, 2.05) is 18.7 Å². The zero-order valence-electron chi connectivity index (χ0n) is 15.8. The molecule has 1 N–H and O–H groups in total. The monoisotopic (exact) mass is 383 g/mol. The molecule has 2 rings (SSSR count). The van der Waals surface area contributed by atoms with Crippen LogP contribution in [0.5, 0.6) is 0 Å². The largest absolute Gasteiger partial charge is 0.336 e. The number of carbonyl (C=O) groups excluding carboxylic acids is 1. The lowest BCUT2D eigenvalue weighted by atomic mass is 9.85. The fraction of sp³-hybridized carbons (Fsp3) is 0.632. The van der Waals surface area contributed by atoms with Gasteiger partial charge in [0, 0.05) is 31.1 Å². The predicted molar refractivity (Wildman–Crippen MR) is 105 cm³/mol. The molecule has 2 atom stereocenters. The van der Waals surface area contributed by atoms with Crippen molar-refractivity contribution in [1.82, 2.24) is 10.2 Å². The molecule has 1 aliphatic rings. The number of amides is 1. The SMILES string of the molecule is CC(CC(=O)N(Cc1ccc([N+](=O)[O-])cc1)C(C)C)C1CCCNC1.Cl. The molecule has 0 saturated carbocycles. The number of nitro groups is 1. The van der Waals surface area contributed by atoms with Crippen molar-refractivity contribution in [2.75, 3.05) is 13.1 Å². The molecule has 6 nitrogen and oxygen atoms in total. The minimum atomic E-state index is -0.408. The second-order valence-corrected chi connectivity index (χ2v) is 7.33. The Labute approximate surface area is 161 Å². The lowest BCUT2D eigenvalue weighted by Gasteiger charge is -2.32. The Balaban J connectivity index is 0.00000338. The standard InChI is InChI=1S/C19H29N3O3.ClH/c1-14(2)21(13-16-6-8-18(9-7-16)22(24)25)19(23)11-15(3)17-5-4-10-20-12-17;/h6-9,14-15,17,20H,4-5,10-13H2,1-3H3;1H. The molecule has 1 aliphatic heterocycles. The number of rotatable bonds is 7. The molecule has 1 aromatic rings. The maximum Gasteiger partial charge on any atom is 0.269 e. The highest BCUT2D eigenvalue weighted by Gasteiger charge is 2.25. The molecule has 1 fully saturated rings. The highest BCUT2D eigenvalue weighted by molar-refractivity contribution is 5.85. The van der Waals surface area contributed by atoms with Gasteiger partial charge in [0.2, 0.25) is 5.91 Å². The first-order valence-corrected chi connectivity index (χ1v) is 9.12. The Morgan fingerprint density at radius 1 is 1.31 bits per heavy atom. The predicted octanol–water partition coefficient (Wildman–Crippen LogP) is 3.78. The molecule has 146 valence electrons. The number of halogens is 1. The van der Waals surface area contributed by atoms with Gasteiger partial charge >= 0.3 is 0 Å². The second kappa shape index (κ2) is 10.5. The summed E-state index contributed by atoms with van der Waals surface area (Å²) in [6, 6.07) is 6.55. The molecule has 0 radical (unpaired) electrons. The molecular formula is C19H30ClN3O3. The molecule has 1 saturated heterocycles. The Morgan fingerprint density at radius 2 is 1.96 bits per heavy atom. The van der Waals surface area contributed by atoms with Crippen molar-refractivity contribution in [3.8, 4) is 0 Å². The average molecular weight is 384 g/mol. The van der Waals surface area contributed by atoms with Crippen molar-refractivity contribution in [2.24, 2.45) is 11.8 Å². The maximum atomic E-state index is 12.8. The van der Waals surface area contributed by atoms with Gasteiger partial charge in [-0.3, -0.25) is 14.9 Å². The van der Waals surface area contributed by atoms with Crippen LogP contribution in [0, 0.1) is 22.0 Å². The molecule has 7 heteroatoms. The molecule has 1 aromatic carbocycles. The zero-order chi connectivity index (χ0) is 18.4. The number of nitrogens with one attached hydrogen (secondary N) is 1. The van der Waals surface area contributed by atoms with E-state index < -0.39 is 4.92 Å². The second-order valence-electron chi connectivity index (χ2n) is 7.33. The number of hydrogen-bond donors (Lipinski definition) is 1. The van der Waals surface area contributed by atoms with Gasteiger partial charge in [0.05, 0.1) is 4.92 Å². The Kier molecular flexibility index (Phi) is 9.02. The van der Waals surface area contributed by atoms with Gasteiger partial charge in [-0.25, -0.2) is 0 Å². The van der Waals surface area contributed by atoms with E-state index in [-0.39, 0.29) is 30.0 Å². The van der Waals surface area contributed by atoms with Crippen LogP contribution < -0.4 is 5.32 Å². The minimum Gasteiger partial charge on any atom is -0.336 e. The minimum absolute atomic E-state index is 0. The van der Waals surface area contributed by atoms with Crippen molar-refractivity contribution in [3.63, 3.8) is 0 Å². The third-order valence-electron chi connectivity index (χ3n) is 5.08. The summed E-state index contributed by atoms with van der Waals surface area (Å²) in [5, 5.41) is 14.2. The van der Waals surface area contributed by atoms with Crippen molar-refractivity contribution < 1.29 is 9.72 Å². The molecular weight excluding hydrogens is 354 g/mol. The number of nitrogens with zero attached hydrogens (tertiary/aromatic N) is 2. The Hall–Kier alpha value is -1.66. The first kappa shape index (κ1) is 22.4. The summed E-state index contributed by atoms with van der Waals surface area (Å²) < 4.78 is 0. The molecule has 0 spiro atoms. The molecule has 26 heavy (non-hydrogen) atoms. The average Bonchev–Trinajstić information content (AvgIpc) is 2.60. The van der Waals surface area contributed by atoms with E-state index in [1.165, 1.54) is 25.0 Å². The van der Waals surface area contributed by atoms with E-state index in [0.717, 1.165) is 18.7 Å². The van der Waals surface area contributed by atoms with E-state index in [4.69, 9.17) is 0 Å².